The highest BCUT2D eigenvalue weighted by molar-refractivity contribution is 8.16. The summed E-state index contributed by atoms with van der Waals surface area (Å²) in [6.45, 7) is 5.81. The predicted molar refractivity (Wildman–Crippen MR) is 146 cm³/mol. The molecular weight excluding hydrogens is 537 g/mol. The van der Waals surface area contributed by atoms with E-state index in [2.05, 4.69) is 10.3 Å². The Labute approximate surface area is 229 Å². The highest BCUT2D eigenvalue weighted by Crippen LogP contribution is 2.43. The zero-order chi connectivity index (χ0) is 26.5. The van der Waals surface area contributed by atoms with Crippen LogP contribution >= 0.6 is 35.0 Å². The fourth-order valence-electron chi connectivity index (χ4n) is 3.89. The van der Waals surface area contributed by atoms with Crippen molar-refractivity contribution in [2.45, 2.75) is 26.8 Å². The van der Waals surface area contributed by atoms with Crippen molar-refractivity contribution in [3.8, 4) is 11.5 Å². The number of thioether (sulfide) groups is 1. The molecule has 0 aliphatic carbocycles. The standard InChI is InChI=1S/C26H25Cl2N3O5S/c1-4-34-21-12-16(24-23(25(33)35-5-2)15(3)29-26-31(24)10-11-37-26)6-9-20(21)36-14-22(32)30-17-7-8-18(27)19(28)13-17/h6-13,24H,4-5,14H2,1-3H3,(H,30,32)/t24-/m0/s1. The lowest BCUT2D eigenvalue weighted by Gasteiger charge is -2.33. The molecule has 2 heterocycles. The number of hydrogen-bond acceptors (Lipinski definition) is 8. The summed E-state index contributed by atoms with van der Waals surface area (Å²) in [5.41, 5.74) is 2.35. The summed E-state index contributed by atoms with van der Waals surface area (Å²) >= 11 is 13.4. The van der Waals surface area contributed by atoms with Crippen molar-refractivity contribution >= 4 is 57.7 Å². The number of fused-ring (bicyclic) bond motifs is 1. The Hall–Kier alpha value is -3.14. The highest BCUT2D eigenvalue weighted by Gasteiger charge is 2.37. The lowest BCUT2D eigenvalue weighted by atomic mass is 9.94. The second-order valence-electron chi connectivity index (χ2n) is 7.93. The van der Waals surface area contributed by atoms with Gasteiger partial charge in [-0.3, -0.25) is 4.79 Å². The van der Waals surface area contributed by atoms with E-state index >= 15 is 0 Å². The van der Waals surface area contributed by atoms with Gasteiger partial charge in [-0.2, -0.15) is 0 Å². The molecule has 1 atom stereocenters. The number of rotatable bonds is 9. The quantitative estimate of drug-likeness (QED) is 0.365. The van der Waals surface area contributed by atoms with Crippen molar-refractivity contribution in [2.75, 3.05) is 25.1 Å². The van der Waals surface area contributed by atoms with E-state index in [1.54, 1.807) is 38.1 Å². The van der Waals surface area contributed by atoms with E-state index < -0.39 is 12.0 Å². The van der Waals surface area contributed by atoms with Crippen LogP contribution in [0.15, 0.2) is 64.3 Å². The first-order valence-corrected chi connectivity index (χ1v) is 13.2. The number of ether oxygens (including phenoxy) is 3. The molecule has 37 heavy (non-hydrogen) atoms. The maximum Gasteiger partial charge on any atom is 0.338 e. The van der Waals surface area contributed by atoms with Gasteiger partial charge in [-0.15, -0.1) is 0 Å². The molecule has 0 aromatic heterocycles. The topological polar surface area (TPSA) is 89.5 Å². The number of nitrogens with one attached hydrogen (secondary N) is 1. The van der Waals surface area contributed by atoms with Crippen molar-refractivity contribution in [3.63, 3.8) is 0 Å². The molecular formula is C26H25Cl2N3O5S. The highest BCUT2D eigenvalue weighted by atomic mass is 35.5. The second kappa shape index (κ2) is 11.9. The first kappa shape index (κ1) is 26.9. The third-order valence-electron chi connectivity index (χ3n) is 5.46. The van der Waals surface area contributed by atoms with Crippen molar-refractivity contribution in [1.29, 1.82) is 0 Å². The van der Waals surface area contributed by atoms with Crippen LogP contribution in [0.2, 0.25) is 10.0 Å². The molecule has 0 saturated heterocycles. The van der Waals surface area contributed by atoms with Gasteiger partial charge in [-0.1, -0.05) is 41.0 Å². The molecule has 2 aromatic rings. The van der Waals surface area contributed by atoms with Gasteiger partial charge in [0.2, 0.25) is 0 Å². The molecule has 194 valence electrons. The third kappa shape index (κ3) is 6.06. The number of amidine groups is 1. The Morgan fingerprint density at radius 3 is 2.59 bits per heavy atom. The molecule has 0 unspecified atom stereocenters. The molecule has 0 radical (unpaired) electrons. The monoisotopic (exact) mass is 561 g/mol. The third-order valence-corrected chi connectivity index (χ3v) is 6.97. The van der Waals surface area contributed by atoms with Crippen LogP contribution in [0, 0.1) is 0 Å². The number of benzene rings is 2. The molecule has 0 saturated carbocycles. The summed E-state index contributed by atoms with van der Waals surface area (Å²) in [5.74, 6) is 0.0446. The molecule has 1 N–H and O–H groups in total. The Bertz CT molecular complexity index is 1310. The molecule has 4 rings (SSSR count). The number of anilines is 1. The first-order chi connectivity index (χ1) is 17.8. The van der Waals surface area contributed by atoms with Gasteiger partial charge in [-0.25, -0.2) is 9.79 Å². The average molecular weight is 562 g/mol. The molecule has 0 spiro atoms. The fourth-order valence-corrected chi connectivity index (χ4v) is 4.98. The normalized spacial score (nSPS) is 16.3. The van der Waals surface area contributed by atoms with Crippen LogP contribution in [0.1, 0.15) is 32.4 Å². The van der Waals surface area contributed by atoms with Crippen LogP contribution in [-0.4, -0.2) is 41.8 Å². The van der Waals surface area contributed by atoms with Gasteiger partial charge in [0.25, 0.3) is 5.91 Å². The lowest BCUT2D eigenvalue weighted by molar-refractivity contribution is -0.139. The minimum Gasteiger partial charge on any atom is -0.490 e. The lowest BCUT2D eigenvalue weighted by Crippen LogP contribution is -2.34. The zero-order valence-electron chi connectivity index (χ0n) is 20.4. The van der Waals surface area contributed by atoms with Crippen LogP contribution < -0.4 is 14.8 Å². The molecule has 11 heteroatoms. The van der Waals surface area contributed by atoms with Crippen LogP contribution in [0.4, 0.5) is 5.69 Å². The van der Waals surface area contributed by atoms with Crippen LogP contribution in [0.3, 0.4) is 0 Å². The van der Waals surface area contributed by atoms with Gasteiger partial charge >= 0.3 is 5.97 Å². The summed E-state index contributed by atoms with van der Waals surface area (Å²) in [4.78, 5) is 31.9. The van der Waals surface area contributed by atoms with E-state index in [-0.39, 0.29) is 19.1 Å². The van der Waals surface area contributed by atoms with E-state index in [0.717, 1.165) is 10.7 Å². The number of carbonyl (C=O) groups excluding carboxylic acids is 2. The summed E-state index contributed by atoms with van der Waals surface area (Å²) < 4.78 is 17.0. The summed E-state index contributed by atoms with van der Waals surface area (Å²) in [6.07, 6.45) is 1.89. The molecule has 2 aliphatic rings. The van der Waals surface area contributed by atoms with E-state index in [1.165, 1.54) is 11.8 Å². The minimum atomic E-state index is -0.455. The number of hydrogen-bond donors (Lipinski definition) is 1. The molecule has 0 bridgehead atoms. The fraction of sp³-hybridized carbons (Fsp3) is 0.269. The Balaban J connectivity index is 1.57. The van der Waals surface area contributed by atoms with E-state index in [4.69, 9.17) is 37.4 Å². The van der Waals surface area contributed by atoms with Gasteiger partial charge < -0.3 is 24.4 Å². The van der Waals surface area contributed by atoms with Crippen molar-refractivity contribution in [3.05, 3.63) is 74.9 Å². The van der Waals surface area contributed by atoms with E-state index in [0.29, 0.717) is 45.1 Å². The molecule has 8 nitrogen and oxygen atoms in total. The number of nitrogens with zero attached hydrogens (tertiary/aromatic N) is 2. The van der Waals surface area contributed by atoms with Crippen molar-refractivity contribution in [2.24, 2.45) is 4.99 Å². The maximum atomic E-state index is 12.9. The van der Waals surface area contributed by atoms with Gasteiger partial charge in [0.05, 0.1) is 40.6 Å². The molecule has 2 aromatic carbocycles. The number of amides is 1. The van der Waals surface area contributed by atoms with E-state index in [9.17, 15) is 9.59 Å². The SMILES string of the molecule is CCOC(=O)C1=C(C)N=C2SC=CN2[C@H]1c1ccc(OCC(=O)Nc2ccc(Cl)c(Cl)c2)c(OCC)c1. The number of aliphatic imine (C=N–C) groups is 1. The number of allylic oxidation sites excluding steroid dienone is 1. The Morgan fingerprint density at radius 2 is 1.86 bits per heavy atom. The van der Waals surface area contributed by atoms with Crippen LogP contribution in [0.5, 0.6) is 11.5 Å². The second-order valence-corrected chi connectivity index (χ2v) is 9.62. The van der Waals surface area contributed by atoms with Gasteiger partial charge in [-0.05, 0) is 62.1 Å². The molecule has 2 aliphatic heterocycles. The zero-order valence-corrected chi connectivity index (χ0v) is 22.7. The minimum absolute atomic E-state index is 0.251. The number of carbonyl (C=O) groups is 2. The Kier molecular flexibility index (Phi) is 8.68. The van der Waals surface area contributed by atoms with E-state index in [1.807, 2.05) is 35.6 Å². The molecule has 0 fully saturated rings. The average Bonchev–Trinajstić information content (AvgIpc) is 3.33. The predicted octanol–water partition coefficient (Wildman–Crippen LogP) is 6.18. The van der Waals surface area contributed by atoms with Gasteiger partial charge in [0.15, 0.2) is 23.3 Å². The Morgan fingerprint density at radius 1 is 1.05 bits per heavy atom. The van der Waals surface area contributed by atoms with Crippen molar-refractivity contribution < 1.29 is 23.8 Å². The maximum absolute atomic E-state index is 12.9. The smallest absolute Gasteiger partial charge is 0.338 e. The summed E-state index contributed by atoms with van der Waals surface area (Å²) in [5, 5.41) is 6.14. The van der Waals surface area contributed by atoms with Crippen molar-refractivity contribution in [1.82, 2.24) is 4.90 Å². The van der Waals surface area contributed by atoms with Gasteiger partial charge in [0.1, 0.15) is 0 Å². The number of esters is 1. The number of halogens is 2. The molecule has 1 amide bonds. The summed E-state index contributed by atoms with van der Waals surface area (Å²) in [6, 6.07) is 9.73. The first-order valence-electron chi connectivity index (χ1n) is 11.5. The van der Waals surface area contributed by atoms with Gasteiger partial charge in [0, 0.05) is 11.9 Å². The summed E-state index contributed by atoms with van der Waals surface area (Å²) in [7, 11) is 0. The largest absolute Gasteiger partial charge is 0.490 e. The van der Waals surface area contributed by atoms with Crippen LogP contribution in [-0.2, 0) is 14.3 Å². The van der Waals surface area contributed by atoms with Crippen LogP contribution in [0.25, 0.3) is 0 Å².